The zero-order valence-electron chi connectivity index (χ0n) is 15.1. The van der Waals surface area contributed by atoms with Crippen LogP contribution in [0.1, 0.15) is 56.8 Å². The Morgan fingerprint density at radius 2 is 1.71 bits per heavy atom. The average Bonchev–Trinajstić information content (AvgIpc) is 2.58. The third-order valence-electron chi connectivity index (χ3n) is 5.04. The Balaban J connectivity index is 1.84. The third-order valence-corrected chi connectivity index (χ3v) is 5.04. The highest BCUT2D eigenvalue weighted by molar-refractivity contribution is 6.00. The number of Topliss-reactive ketones (excluding diaryl/α,β-unsaturated/α-hetero) is 1. The summed E-state index contributed by atoms with van der Waals surface area (Å²) >= 11 is 0. The zero-order chi connectivity index (χ0) is 17.7. The average molecular weight is 332 g/mol. The molecular weight excluding hydrogens is 304 g/mol. The standard InChI is InChI=1S/C20H28O4/c1-20(2,3)15-11-9-14(10-12-15)19(22)24-13-17(21)16-7-5-6-8-18(16)23-4/h5-8,14-15H,9-13H2,1-4H3. The molecule has 1 aliphatic carbocycles. The summed E-state index contributed by atoms with van der Waals surface area (Å²) in [5.41, 5.74) is 0.735. The molecule has 0 heterocycles. The molecule has 24 heavy (non-hydrogen) atoms. The lowest BCUT2D eigenvalue weighted by atomic mass is 9.70. The predicted octanol–water partition coefficient (Wildman–Crippen LogP) is 4.27. The van der Waals surface area contributed by atoms with Gasteiger partial charge in [0, 0.05) is 0 Å². The van der Waals surface area contributed by atoms with Crippen LogP contribution in [0.3, 0.4) is 0 Å². The molecule has 0 N–H and O–H groups in total. The first-order valence-electron chi connectivity index (χ1n) is 8.65. The van der Waals surface area contributed by atoms with Gasteiger partial charge in [0.15, 0.2) is 6.61 Å². The van der Waals surface area contributed by atoms with Gasteiger partial charge in [-0.1, -0.05) is 32.9 Å². The van der Waals surface area contributed by atoms with E-state index in [9.17, 15) is 9.59 Å². The Labute approximate surface area is 144 Å². The van der Waals surface area contributed by atoms with Crippen molar-refractivity contribution in [3.63, 3.8) is 0 Å². The van der Waals surface area contributed by atoms with Gasteiger partial charge in [0.2, 0.25) is 5.78 Å². The highest BCUT2D eigenvalue weighted by Crippen LogP contribution is 2.40. The number of carbonyl (C=O) groups excluding carboxylic acids is 2. The maximum atomic E-state index is 12.2. The normalized spacial score (nSPS) is 21.2. The molecule has 0 aromatic heterocycles. The number of hydrogen-bond donors (Lipinski definition) is 0. The third kappa shape index (κ3) is 4.59. The van der Waals surface area contributed by atoms with E-state index in [0.29, 0.717) is 17.2 Å². The molecule has 4 heteroatoms. The molecule has 0 unspecified atom stereocenters. The second-order valence-electron chi connectivity index (χ2n) is 7.65. The molecule has 1 aromatic rings. The summed E-state index contributed by atoms with van der Waals surface area (Å²) < 4.78 is 10.4. The molecule has 1 aliphatic rings. The van der Waals surface area contributed by atoms with E-state index in [0.717, 1.165) is 25.7 Å². The van der Waals surface area contributed by atoms with Gasteiger partial charge in [-0.2, -0.15) is 0 Å². The number of hydrogen-bond acceptors (Lipinski definition) is 4. The lowest BCUT2D eigenvalue weighted by Gasteiger charge is -2.36. The van der Waals surface area contributed by atoms with Gasteiger partial charge in [-0.25, -0.2) is 0 Å². The Kier molecular flexibility index (Phi) is 6.03. The van der Waals surface area contributed by atoms with Crippen molar-refractivity contribution in [1.29, 1.82) is 0 Å². The summed E-state index contributed by atoms with van der Waals surface area (Å²) in [6.07, 6.45) is 3.79. The Bertz CT molecular complexity index is 578. The molecule has 132 valence electrons. The number of esters is 1. The van der Waals surface area contributed by atoms with E-state index < -0.39 is 0 Å². The molecule has 0 radical (unpaired) electrons. The number of benzene rings is 1. The number of ketones is 1. The van der Waals surface area contributed by atoms with E-state index in [1.54, 1.807) is 24.3 Å². The van der Waals surface area contributed by atoms with Crippen molar-refractivity contribution >= 4 is 11.8 Å². The quantitative estimate of drug-likeness (QED) is 0.597. The minimum Gasteiger partial charge on any atom is -0.496 e. The van der Waals surface area contributed by atoms with Gasteiger partial charge >= 0.3 is 5.97 Å². The second kappa shape index (κ2) is 7.82. The van der Waals surface area contributed by atoms with Crippen LogP contribution in [0.25, 0.3) is 0 Å². The Morgan fingerprint density at radius 1 is 1.08 bits per heavy atom. The van der Waals surface area contributed by atoms with E-state index in [4.69, 9.17) is 9.47 Å². The smallest absolute Gasteiger partial charge is 0.309 e. The van der Waals surface area contributed by atoms with Gasteiger partial charge in [0.1, 0.15) is 5.75 Å². The number of ether oxygens (including phenoxy) is 2. The summed E-state index contributed by atoms with van der Waals surface area (Å²) in [6, 6.07) is 6.98. The van der Waals surface area contributed by atoms with Crippen LogP contribution in [-0.4, -0.2) is 25.5 Å². The van der Waals surface area contributed by atoms with Crippen LogP contribution in [0.5, 0.6) is 5.75 Å². The molecule has 2 rings (SSSR count). The fourth-order valence-corrected chi connectivity index (χ4v) is 3.40. The summed E-state index contributed by atoms with van der Waals surface area (Å²) in [5.74, 6) is 0.602. The summed E-state index contributed by atoms with van der Waals surface area (Å²) in [6.45, 7) is 6.53. The number of carbonyl (C=O) groups is 2. The van der Waals surface area contributed by atoms with E-state index in [2.05, 4.69) is 20.8 Å². The van der Waals surface area contributed by atoms with Gasteiger partial charge in [0.05, 0.1) is 18.6 Å². The summed E-state index contributed by atoms with van der Waals surface area (Å²) in [4.78, 5) is 24.5. The van der Waals surface area contributed by atoms with E-state index >= 15 is 0 Å². The fraction of sp³-hybridized carbons (Fsp3) is 0.600. The van der Waals surface area contributed by atoms with Crippen molar-refractivity contribution in [2.75, 3.05) is 13.7 Å². The molecule has 0 saturated heterocycles. The molecule has 1 saturated carbocycles. The van der Waals surface area contributed by atoms with Gasteiger partial charge in [0.25, 0.3) is 0 Å². The first kappa shape index (κ1) is 18.5. The van der Waals surface area contributed by atoms with Crippen LogP contribution in [0.4, 0.5) is 0 Å². The van der Waals surface area contributed by atoms with Crippen LogP contribution in [0, 0.1) is 17.3 Å². The molecule has 0 amide bonds. The number of rotatable bonds is 5. The molecule has 0 aliphatic heterocycles. The van der Waals surface area contributed by atoms with Gasteiger partial charge in [-0.05, 0) is 49.1 Å². The fourth-order valence-electron chi connectivity index (χ4n) is 3.40. The van der Waals surface area contributed by atoms with Crippen molar-refractivity contribution in [3.05, 3.63) is 29.8 Å². The molecule has 4 nitrogen and oxygen atoms in total. The maximum Gasteiger partial charge on any atom is 0.309 e. The largest absolute Gasteiger partial charge is 0.496 e. The minimum atomic E-state index is -0.245. The Morgan fingerprint density at radius 3 is 2.29 bits per heavy atom. The van der Waals surface area contributed by atoms with Gasteiger partial charge in [-0.3, -0.25) is 9.59 Å². The molecule has 1 fully saturated rings. The van der Waals surface area contributed by atoms with Crippen LogP contribution >= 0.6 is 0 Å². The predicted molar refractivity (Wildman–Crippen MR) is 93.2 cm³/mol. The van der Waals surface area contributed by atoms with Crippen LogP contribution in [0.2, 0.25) is 0 Å². The van der Waals surface area contributed by atoms with Crippen molar-refractivity contribution in [2.45, 2.75) is 46.5 Å². The van der Waals surface area contributed by atoms with Crippen molar-refractivity contribution < 1.29 is 19.1 Å². The first-order valence-corrected chi connectivity index (χ1v) is 8.65. The van der Waals surface area contributed by atoms with Crippen LogP contribution in [-0.2, 0) is 9.53 Å². The first-order chi connectivity index (χ1) is 11.3. The molecular formula is C20H28O4. The molecule has 1 aromatic carbocycles. The van der Waals surface area contributed by atoms with Crippen molar-refractivity contribution in [3.8, 4) is 5.75 Å². The highest BCUT2D eigenvalue weighted by Gasteiger charge is 2.33. The number of methoxy groups -OCH3 is 1. The van der Waals surface area contributed by atoms with Crippen LogP contribution in [0.15, 0.2) is 24.3 Å². The topological polar surface area (TPSA) is 52.6 Å². The van der Waals surface area contributed by atoms with E-state index in [1.807, 2.05) is 0 Å². The summed E-state index contributed by atoms with van der Waals surface area (Å²) in [7, 11) is 1.52. The van der Waals surface area contributed by atoms with Crippen LogP contribution < -0.4 is 4.74 Å². The lowest BCUT2D eigenvalue weighted by Crippen LogP contribution is -2.30. The zero-order valence-corrected chi connectivity index (χ0v) is 15.1. The van der Waals surface area contributed by atoms with Crippen molar-refractivity contribution in [2.24, 2.45) is 17.3 Å². The molecule has 0 atom stereocenters. The summed E-state index contributed by atoms with van der Waals surface area (Å²) in [5, 5.41) is 0. The SMILES string of the molecule is COc1ccccc1C(=O)COC(=O)C1CCC(C(C)(C)C)CC1. The Hall–Kier alpha value is -1.84. The minimum absolute atomic E-state index is 0.0749. The highest BCUT2D eigenvalue weighted by atomic mass is 16.5. The maximum absolute atomic E-state index is 12.2. The molecule has 0 bridgehead atoms. The van der Waals surface area contributed by atoms with E-state index in [1.165, 1.54) is 7.11 Å². The second-order valence-corrected chi connectivity index (χ2v) is 7.65. The molecule has 0 spiro atoms. The van der Waals surface area contributed by atoms with E-state index in [-0.39, 0.29) is 29.7 Å². The van der Waals surface area contributed by atoms with Crippen molar-refractivity contribution in [1.82, 2.24) is 0 Å². The number of para-hydroxylation sites is 1. The monoisotopic (exact) mass is 332 g/mol. The van der Waals surface area contributed by atoms with Gasteiger partial charge in [-0.15, -0.1) is 0 Å². The lowest BCUT2D eigenvalue weighted by molar-refractivity contribution is -0.149. The van der Waals surface area contributed by atoms with Gasteiger partial charge < -0.3 is 9.47 Å².